The summed E-state index contributed by atoms with van der Waals surface area (Å²) in [7, 11) is 0. The van der Waals surface area contributed by atoms with Gasteiger partial charge in [-0.3, -0.25) is 4.79 Å². The molecule has 0 radical (unpaired) electrons. The Labute approximate surface area is 155 Å². The molecule has 1 amide bonds. The lowest BCUT2D eigenvalue weighted by molar-refractivity contribution is 0.102. The van der Waals surface area contributed by atoms with Gasteiger partial charge >= 0.3 is 0 Å². The second-order valence-corrected chi connectivity index (χ2v) is 6.46. The molecular formula is C21H15N5O. The third kappa shape index (κ3) is 2.77. The molecule has 0 saturated heterocycles. The van der Waals surface area contributed by atoms with Gasteiger partial charge in [0.2, 0.25) is 0 Å². The van der Waals surface area contributed by atoms with E-state index in [1.54, 1.807) is 12.1 Å². The quantitative estimate of drug-likeness (QED) is 0.539. The topological polar surface area (TPSA) is 72.7 Å². The van der Waals surface area contributed by atoms with Crippen molar-refractivity contribution in [2.24, 2.45) is 0 Å². The van der Waals surface area contributed by atoms with Crippen LogP contribution in [0.15, 0.2) is 73.1 Å². The minimum absolute atomic E-state index is 0.166. The number of benzene rings is 3. The van der Waals surface area contributed by atoms with Crippen molar-refractivity contribution in [3.63, 3.8) is 0 Å². The molecule has 6 nitrogen and oxygen atoms in total. The van der Waals surface area contributed by atoms with E-state index >= 15 is 0 Å². The first kappa shape index (κ1) is 15.5. The highest BCUT2D eigenvalue weighted by Crippen LogP contribution is 2.37. The van der Waals surface area contributed by atoms with E-state index in [1.165, 1.54) is 33.3 Å². The molecule has 1 aromatic heterocycles. The number of hydrogen-bond donors (Lipinski definition) is 1. The molecule has 27 heavy (non-hydrogen) atoms. The molecule has 0 saturated carbocycles. The maximum atomic E-state index is 12.7. The molecule has 1 N–H and O–H groups in total. The average molecular weight is 353 g/mol. The number of nitrogens with zero attached hydrogens (tertiary/aromatic N) is 4. The third-order valence-electron chi connectivity index (χ3n) is 4.77. The smallest absolute Gasteiger partial charge is 0.255 e. The number of hydrogen-bond acceptors (Lipinski definition) is 4. The number of anilines is 1. The Morgan fingerprint density at radius 3 is 2.70 bits per heavy atom. The van der Waals surface area contributed by atoms with Crippen LogP contribution in [0.4, 0.5) is 5.69 Å². The van der Waals surface area contributed by atoms with Crippen molar-refractivity contribution >= 4 is 11.6 Å². The Bertz CT molecular complexity index is 1150. The first-order valence-corrected chi connectivity index (χ1v) is 8.64. The Morgan fingerprint density at radius 2 is 1.81 bits per heavy atom. The van der Waals surface area contributed by atoms with Crippen molar-refractivity contribution in [3.05, 3.63) is 89.7 Å². The summed E-state index contributed by atoms with van der Waals surface area (Å²) in [5.41, 5.74) is 7.15. The number of nitrogens with one attached hydrogen (secondary N) is 1. The maximum absolute atomic E-state index is 12.7. The molecule has 6 heteroatoms. The van der Waals surface area contributed by atoms with Crippen LogP contribution in [0, 0.1) is 0 Å². The van der Waals surface area contributed by atoms with Crippen LogP contribution >= 0.6 is 0 Å². The van der Waals surface area contributed by atoms with Crippen LogP contribution in [0.1, 0.15) is 21.5 Å². The van der Waals surface area contributed by atoms with E-state index < -0.39 is 0 Å². The van der Waals surface area contributed by atoms with Gasteiger partial charge in [-0.1, -0.05) is 36.4 Å². The SMILES string of the molecule is O=C(Nc1ccc2c(c1)Cc1ccccc1-2)c1cccc(-n2cnnn2)c1. The van der Waals surface area contributed by atoms with Gasteiger partial charge in [0, 0.05) is 11.3 Å². The second kappa shape index (κ2) is 6.17. The fourth-order valence-electron chi connectivity index (χ4n) is 3.50. The summed E-state index contributed by atoms with van der Waals surface area (Å²) in [6, 6.07) is 21.7. The molecule has 5 rings (SSSR count). The van der Waals surface area contributed by atoms with E-state index in [0.717, 1.165) is 17.8 Å². The Morgan fingerprint density at radius 1 is 0.926 bits per heavy atom. The number of carbonyl (C=O) groups excluding carboxylic acids is 1. The molecule has 1 aliphatic rings. The predicted octanol–water partition coefficient (Wildman–Crippen LogP) is 3.49. The van der Waals surface area contributed by atoms with Gasteiger partial charge in [0.05, 0.1) is 5.69 Å². The van der Waals surface area contributed by atoms with E-state index in [0.29, 0.717) is 5.56 Å². The summed E-state index contributed by atoms with van der Waals surface area (Å²) in [4.78, 5) is 12.7. The number of amides is 1. The molecular weight excluding hydrogens is 338 g/mol. The lowest BCUT2D eigenvalue weighted by atomic mass is 10.1. The minimum atomic E-state index is -0.166. The largest absolute Gasteiger partial charge is 0.322 e. The highest BCUT2D eigenvalue weighted by molar-refractivity contribution is 6.04. The van der Waals surface area contributed by atoms with Crippen molar-refractivity contribution < 1.29 is 4.79 Å². The van der Waals surface area contributed by atoms with Gasteiger partial charge in [0.1, 0.15) is 6.33 Å². The van der Waals surface area contributed by atoms with Crippen LogP contribution in [0.25, 0.3) is 16.8 Å². The first-order valence-electron chi connectivity index (χ1n) is 8.64. The zero-order chi connectivity index (χ0) is 18.2. The molecule has 0 unspecified atom stereocenters. The van der Waals surface area contributed by atoms with Crippen LogP contribution in [0.5, 0.6) is 0 Å². The highest BCUT2D eigenvalue weighted by atomic mass is 16.1. The fourth-order valence-corrected chi connectivity index (χ4v) is 3.50. The number of rotatable bonds is 3. The number of carbonyl (C=O) groups is 1. The van der Waals surface area contributed by atoms with Gasteiger partial charge in [0.15, 0.2) is 0 Å². The summed E-state index contributed by atoms with van der Waals surface area (Å²) in [6.07, 6.45) is 2.39. The molecule has 130 valence electrons. The van der Waals surface area contributed by atoms with Crippen molar-refractivity contribution in [3.8, 4) is 16.8 Å². The summed E-state index contributed by atoms with van der Waals surface area (Å²) < 4.78 is 1.52. The normalized spacial score (nSPS) is 11.7. The minimum Gasteiger partial charge on any atom is -0.322 e. The Kier molecular flexibility index (Phi) is 3.53. The van der Waals surface area contributed by atoms with Gasteiger partial charge in [-0.25, -0.2) is 4.68 Å². The average Bonchev–Trinajstić information content (AvgIpc) is 3.35. The lowest BCUT2D eigenvalue weighted by Crippen LogP contribution is -2.12. The van der Waals surface area contributed by atoms with Gasteiger partial charge in [-0.05, 0) is 69.4 Å². The molecule has 1 aliphatic carbocycles. The van der Waals surface area contributed by atoms with Gasteiger partial charge in [-0.15, -0.1) is 5.10 Å². The second-order valence-electron chi connectivity index (χ2n) is 6.46. The molecule has 0 bridgehead atoms. The molecule has 3 aromatic carbocycles. The van der Waals surface area contributed by atoms with Crippen LogP contribution in [0.2, 0.25) is 0 Å². The van der Waals surface area contributed by atoms with Crippen LogP contribution in [-0.2, 0) is 6.42 Å². The highest BCUT2D eigenvalue weighted by Gasteiger charge is 2.18. The lowest BCUT2D eigenvalue weighted by Gasteiger charge is -2.09. The zero-order valence-electron chi connectivity index (χ0n) is 14.3. The van der Waals surface area contributed by atoms with E-state index in [1.807, 2.05) is 18.2 Å². The van der Waals surface area contributed by atoms with Gasteiger partial charge in [0.25, 0.3) is 5.91 Å². The Balaban J connectivity index is 1.39. The summed E-state index contributed by atoms with van der Waals surface area (Å²) in [5, 5.41) is 14.1. The van der Waals surface area contributed by atoms with E-state index in [4.69, 9.17) is 0 Å². The summed E-state index contributed by atoms with van der Waals surface area (Å²) in [5.74, 6) is -0.166. The molecule has 4 aromatic rings. The van der Waals surface area contributed by atoms with Gasteiger partial charge < -0.3 is 5.32 Å². The standard InChI is InChI=1S/C21H15N5O/c27-21(15-5-3-6-18(12-15)26-13-22-24-25-26)23-17-8-9-20-16(11-17)10-14-4-1-2-7-19(14)20/h1-9,11-13H,10H2,(H,23,27). The van der Waals surface area contributed by atoms with Crippen molar-refractivity contribution in [2.45, 2.75) is 6.42 Å². The third-order valence-corrected chi connectivity index (χ3v) is 4.77. The van der Waals surface area contributed by atoms with E-state index in [2.05, 4.69) is 57.2 Å². The van der Waals surface area contributed by atoms with E-state index in [9.17, 15) is 4.79 Å². The van der Waals surface area contributed by atoms with Gasteiger partial charge in [-0.2, -0.15) is 0 Å². The number of fused-ring (bicyclic) bond motifs is 3. The Hall–Kier alpha value is -3.80. The molecule has 0 aliphatic heterocycles. The van der Waals surface area contributed by atoms with Crippen LogP contribution in [0.3, 0.4) is 0 Å². The number of aromatic nitrogens is 4. The van der Waals surface area contributed by atoms with E-state index in [-0.39, 0.29) is 5.91 Å². The first-order chi connectivity index (χ1) is 13.3. The molecule has 1 heterocycles. The molecule has 0 fully saturated rings. The zero-order valence-corrected chi connectivity index (χ0v) is 14.3. The van der Waals surface area contributed by atoms with Crippen molar-refractivity contribution in [1.82, 2.24) is 20.2 Å². The maximum Gasteiger partial charge on any atom is 0.255 e. The number of tetrazole rings is 1. The van der Waals surface area contributed by atoms with Crippen molar-refractivity contribution in [1.29, 1.82) is 0 Å². The monoisotopic (exact) mass is 353 g/mol. The summed E-state index contributed by atoms with van der Waals surface area (Å²) in [6.45, 7) is 0. The van der Waals surface area contributed by atoms with Crippen molar-refractivity contribution in [2.75, 3.05) is 5.32 Å². The summed E-state index contributed by atoms with van der Waals surface area (Å²) >= 11 is 0. The molecule has 0 atom stereocenters. The van der Waals surface area contributed by atoms with Crippen LogP contribution in [-0.4, -0.2) is 26.1 Å². The van der Waals surface area contributed by atoms with Crippen LogP contribution < -0.4 is 5.32 Å². The fraction of sp³-hybridized carbons (Fsp3) is 0.0476. The molecule has 0 spiro atoms. The predicted molar refractivity (Wildman–Crippen MR) is 102 cm³/mol.